The van der Waals surface area contributed by atoms with Crippen molar-refractivity contribution >= 4 is 12.4 Å². The number of hydrogen-bond acceptors (Lipinski definition) is 4. The van der Waals surface area contributed by atoms with Crippen molar-refractivity contribution in [1.29, 1.82) is 0 Å². The lowest BCUT2D eigenvalue weighted by Gasteiger charge is -2.22. The molecular weight excluding hydrogens is 381 g/mol. The standard InChI is InChI=1S/C18H25F3N4O.ClH/c1-14-16(17(24(2)23-14)26-13-18(19,20)21)12-25(11-9-22)10-8-15-6-4-3-5-7-15;/h3-7H,8-13,22H2,1-2H3;1H. The second kappa shape index (κ2) is 10.5. The summed E-state index contributed by atoms with van der Waals surface area (Å²) in [7, 11) is 1.58. The molecule has 5 nitrogen and oxygen atoms in total. The number of rotatable bonds is 9. The average molecular weight is 407 g/mol. The van der Waals surface area contributed by atoms with Crippen LogP contribution in [0.1, 0.15) is 16.8 Å². The molecule has 2 rings (SSSR count). The van der Waals surface area contributed by atoms with Gasteiger partial charge in [0.05, 0.1) is 11.3 Å². The van der Waals surface area contributed by atoms with E-state index in [1.807, 2.05) is 30.3 Å². The lowest BCUT2D eigenvalue weighted by molar-refractivity contribution is -0.154. The van der Waals surface area contributed by atoms with Gasteiger partial charge in [0.15, 0.2) is 6.61 Å². The van der Waals surface area contributed by atoms with Gasteiger partial charge in [-0.05, 0) is 18.9 Å². The number of halogens is 4. The zero-order chi connectivity index (χ0) is 19.2. The topological polar surface area (TPSA) is 56.3 Å². The molecule has 1 aromatic heterocycles. The summed E-state index contributed by atoms with van der Waals surface area (Å²) in [5.41, 5.74) is 8.23. The highest BCUT2D eigenvalue weighted by Gasteiger charge is 2.30. The number of hydrogen-bond donors (Lipinski definition) is 1. The molecule has 9 heteroatoms. The minimum absolute atomic E-state index is 0. The molecule has 2 N–H and O–H groups in total. The van der Waals surface area contributed by atoms with Gasteiger partial charge < -0.3 is 10.5 Å². The molecule has 0 atom stereocenters. The summed E-state index contributed by atoms with van der Waals surface area (Å²) in [4.78, 5) is 2.11. The first-order valence-electron chi connectivity index (χ1n) is 8.48. The number of nitrogens with zero attached hydrogens (tertiary/aromatic N) is 3. The van der Waals surface area contributed by atoms with Crippen LogP contribution in [-0.4, -0.2) is 47.1 Å². The molecule has 0 spiro atoms. The fraction of sp³-hybridized carbons (Fsp3) is 0.500. The highest BCUT2D eigenvalue weighted by atomic mass is 35.5. The molecule has 152 valence electrons. The fourth-order valence-electron chi connectivity index (χ4n) is 2.80. The average Bonchev–Trinajstić information content (AvgIpc) is 2.84. The monoisotopic (exact) mass is 406 g/mol. The summed E-state index contributed by atoms with van der Waals surface area (Å²) >= 11 is 0. The molecule has 0 aliphatic rings. The Kier molecular flexibility index (Phi) is 9.08. The molecule has 0 saturated carbocycles. The Morgan fingerprint density at radius 3 is 2.44 bits per heavy atom. The van der Waals surface area contributed by atoms with E-state index in [9.17, 15) is 13.2 Å². The number of aromatic nitrogens is 2. The van der Waals surface area contributed by atoms with Gasteiger partial charge >= 0.3 is 6.18 Å². The molecule has 0 aliphatic heterocycles. The molecule has 1 aromatic carbocycles. The Bertz CT molecular complexity index is 692. The van der Waals surface area contributed by atoms with Gasteiger partial charge in [0.25, 0.3) is 0 Å². The number of aryl methyl sites for hydroxylation is 2. The highest BCUT2D eigenvalue weighted by molar-refractivity contribution is 5.85. The van der Waals surface area contributed by atoms with Crippen LogP contribution >= 0.6 is 12.4 Å². The van der Waals surface area contributed by atoms with Crippen molar-refractivity contribution in [2.75, 3.05) is 26.2 Å². The summed E-state index contributed by atoms with van der Waals surface area (Å²) in [5, 5.41) is 4.21. The van der Waals surface area contributed by atoms with Crippen molar-refractivity contribution in [2.24, 2.45) is 12.8 Å². The highest BCUT2D eigenvalue weighted by Crippen LogP contribution is 2.25. The van der Waals surface area contributed by atoms with Gasteiger partial charge in [-0.15, -0.1) is 12.4 Å². The normalized spacial score (nSPS) is 11.5. The smallest absolute Gasteiger partial charge is 0.422 e. The molecule has 27 heavy (non-hydrogen) atoms. The molecule has 0 saturated heterocycles. The molecule has 0 unspecified atom stereocenters. The summed E-state index contributed by atoms with van der Waals surface area (Å²) in [6.45, 7) is 2.73. The SMILES string of the molecule is Cc1nn(C)c(OCC(F)(F)F)c1CN(CCN)CCc1ccccc1.Cl. The van der Waals surface area contributed by atoms with Gasteiger partial charge in [-0.25, -0.2) is 4.68 Å². The zero-order valence-corrected chi connectivity index (χ0v) is 16.3. The quantitative estimate of drug-likeness (QED) is 0.695. The number of benzene rings is 1. The first-order valence-corrected chi connectivity index (χ1v) is 8.48. The summed E-state index contributed by atoms with van der Waals surface area (Å²) in [6, 6.07) is 10.0. The Morgan fingerprint density at radius 1 is 1.19 bits per heavy atom. The minimum atomic E-state index is -4.39. The second-order valence-electron chi connectivity index (χ2n) is 6.20. The van der Waals surface area contributed by atoms with Gasteiger partial charge in [-0.3, -0.25) is 4.90 Å². The maximum Gasteiger partial charge on any atom is 0.422 e. The van der Waals surface area contributed by atoms with Crippen molar-refractivity contribution in [3.05, 3.63) is 47.2 Å². The molecule has 1 heterocycles. The minimum Gasteiger partial charge on any atom is -0.468 e. The Balaban J connectivity index is 0.00000364. The zero-order valence-electron chi connectivity index (χ0n) is 15.5. The predicted molar refractivity (Wildman–Crippen MR) is 101 cm³/mol. The molecule has 0 fully saturated rings. The van der Waals surface area contributed by atoms with Crippen molar-refractivity contribution in [2.45, 2.75) is 26.1 Å². The van der Waals surface area contributed by atoms with Crippen LogP contribution in [0.3, 0.4) is 0 Å². The van der Waals surface area contributed by atoms with E-state index in [1.54, 1.807) is 14.0 Å². The van der Waals surface area contributed by atoms with Crippen LogP contribution in [0.25, 0.3) is 0 Å². The number of nitrogens with two attached hydrogens (primary N) is 1. The third kappa shape index (κ3) is 7.40. The Morgan fingerprint density at radius 2 is 1.85 bits per heavy atom. The third-order valence-electron chi connectivity index (χ3n) is 4.05. The van der Waals surface area contributed by atoms with Crippen LogP contribution < -0.4 is 10.5 Å². The molecule has 0 amide bonds. The van der Waals surface area contributed by atoms with Crippen LogP contribution in [0.4, 0.5) is 13.2 Å². The van der Waals surface area contributed by atoms with Crippen molar-refractivity contribution in [3.63, 3.8) is 0 Å². The fourth-order valence-corrected chi connectivity index (χ4v) is 2.80. The van der Waals surface area contributed by atoms with E-state index in [0.29, 0.717) is 30.9 Å². The van der Waals surface area contributed by atoms with Crippen molar-refractivity contribution < 1.29 is 17.9 Å². The maximum atomic E-state index is 12.5. The summed E-state index contributed by atoms with van der Waals surface area (Å²) < 4.78 is 43.9. The third-order valence-corrected chi connectivity index (χ3v) is 4.05. The van der Waals surface area contributed by atoms with Gasteiger partial charge in [0.2, 0.25) is 5.88 Å². The number of alkyl halides is 3. The summed E-state index contributed by atoms with van der Waals surface area (Å²) in [5.74, 6) is 0.154. The lowest BCUT2D eigenvalue weighted by Crippen LogP contribution is -2.31. The molecule has 0 aliphatic carbocycles. The first kappa shape index (κ1) is 23.3. The van der Waals surface area contributed by atoms with Gasteiger partial charge in [0.1, 0.15) is 0 Å². The van der Waals surface area contributed by atoms with Gasteiger partial charge in [0, 0.05) is 33.2 Å². The van der Waals surface area contributed by atoms with Gasteiger partial charge in [-0.1, -0.05) is 30.3 Å². The summed E-state index contributed by atoms with van der Waals surface area (Å²) in [6.07, 6.45) is -3.56. The predicted octanol–water partition coefficient (Wildman–Crippen LogP) is 3.09. The van der Waals surface area contributed by atoms with Crippen LogP contribution in [0.15, 0.2) is 30.3 Å². The maximum absolute atomic E-state index is 12.5. The molecule has 2 aromatic rings. The molecule has 0 radical (unpaired) electrons. The molecular formula is C18H26ClF3N4O. The van der Waals surface area contributed by atoms with Crippen LogP contribution in [0.2, 0.25) is 0 Å². The van der Waals surface area contributed by atoms with Crippen LogP contribution in [0.5, 0.6) is 5.88 Å². The van der Waals surface area contributed by atoms with E-state index in [4.69, 9.17) is 10.5 Å². The van der Waals surface area contributed by atoms with E-state index in [2.05, 4.69) is 10.00 Å². The largest absolute Gasteiger partial charge is 0.468 e. The van der Waals surface area contributed by atoms with Crippen LogP contribution in [0, 0.1) is 6.92 Å². The van der Waals surface area contributed by atoms with E-state index in [0.717, 1.165) is 13.0 Å². The second-order valence-corrected chi connectivity index (χ2v) is 6.20. The Labute approximate surface area is 163 Å². The lowest BCUT2D eigenvalue weighted by atomic mass is 10.1. The van der Waals surface area contributed by atoms with Crippen molar-refractivity contribution in [1.82, 2.24) is 14.7 Å². The first-order chi connectivity index (χ1) is 12.3. The van der Waals surface area contributed by atoms with E-state index < -0.39 is 12.8 Å². The number of ether oxygens (including phenoxy) is 1. The van der Waals surface area contributed by atoms with Gasteiger partial charge in [-0.2, -0.15) is 18.3 Å². The molecule has 0 bridgehead atoms. The van der Waals surface area contributed by atoms with Crippen molar-refractivity contribution in [3.8, 4) is 5.88 Å². The van der Waals surface area contributed by atoms with E-state index in [-0.39, 0.29) is 18.3 Å². The van der Waals surface area contributed by atoms with Crippen LogP contribution in [-0.2, 0) is 20.0 Å². The Hall–Kier alpha value is -1.77. The van der Waals surface area contributed by atoms with E-state index >= 15 is 0 Å². The van der Waals surface area contributed by atoms with E-state index in [1.165, 1.54) is 10.2 Å².